The molecule has 1 heterocycles. The van der Waals surface area contributed by atoms with Crippen molar-refractivity contribution in [2.45, 2.75) is 32.7 Å². The number of hydrogen-bond acceptors (Lipinski definition) is 4. The zero-order valence-electron chi connectivity index (χ0n) is 12.5. The molecule has 3 nitrogen and oxygen atoms in total. The van der Waals surface area contributed by atoms with Crippen LogP contribution in [0.1, 0.15) is 38.4 Å². The van der Waals surface area contributed by atoms with Crippen LogP contribution in [0.2, 0.25) is 0 Å². The molecule has 0 saturated carbocycles. The Labute approximate surface area is 125 Å². The molecule has 4 heteroatoms. The highest BCUT2D eigenvalue weighted by molar-refractivity contribution is 7.13. The number of benzene rings is 1. The third-order valence-electron chi connectivity index (χ3n) is 3.42. The molecule has 0 aliphatic heterocycles. The first-order chi connectivity index (χ1) is 9.76. The minimum absolute atomic E-state index is 0.295. The van der Waals surface area contributed by atoms with Crippen molar-refractivity contribution in [3.05, 3.63) is 41.4 Å². The van der Waals surface area contributed by atoms with Crippen LogP contribution in [0.25, 0.3) is 0 Å². The van der Waals surface area contributed by atoms with Crippen LogP contribution in [0.15, 0.2) is 35.7 Å². The fourth-order valence-electron chi connectivity index (χ4n) is 2.01. The molecular weight excluding hydrogens is 266 g/mol. The Morgan fingerprint density at radius 1 is 1.30 bits per heavy atom. The maximum atomic E-state index is 4.79. The van der Waals surface area contributed by atoms with E-state index in [0.717, 1.165) is 17.4 Å². The zero-order chi connectivity index (χ0) is 14.4. The second-order valence-electron chi connectivity index (χ2n) is 4.91. The molecule has 1 N–H and O–H groups in total. The quantitative estimate of drug-likeness (QED) is 0.820. The van der Waals surface area contributed by atoms with E-state index in [1.165, 1.54) is 18.5 Å². The average molecular weight is 289 g/mol. The van der Waals surface area contributed by atoms with E-state index in [1.807, 2.05) is 7.05 Å². The lowest BCUT2D eigenvalue weighted by molar-refractivity contribution is 0.636. The van der Waals surface area contributed by atoms with Gasteiger partial charge in [-0.15, -0.1) is 11.3 Å². The number of anilines is 2. The van der Waals surface area contributed by atoms with Gasteiger partial charge in [-0.2, -0.15) is 0 Å². The normalized spacial score (nSPS) is 12.3. The molecule has 0 bridgehead atoms. The predicted molar refractivity (Wildman–Crippen MR) is 87.9 cm³/mol. The molecule has 108 valence electrons. The SMILES string of the molecule is CCCCN(c1ccccc1)c1nc(C(C)NC)cs1. The summed E-state index contributed by atoms with van der Waals surface area (Å²) in [6, 6.07) is 10.8. The van der Waals surface area contributed by atoms with Crippen LogP contribution >= 0.6 is 11.3 Å². The van der Waals surface area contributed by atoms with Gasteiger partial charge in [0.2, 0.25) is 0 Å². The molecule has 2 aromatic rings. The molecule has 0 aliphatic rings. The second kappa shape index (κ2) is 7.41. The predicted octanol–water partition coefficient (Wildman–Crippen LogP) is 4.36. The van der Waals surface area contributed by atoms with Gasteiger partial charge in [0.25, 0.3) is 0 Å². The lowest BCUT2D eigenvalue weighted by atomic mass is 10.2. The molecule has 0 saturated heterocycles. The molecule has 0 amide bonds. The third kappa shape index (κ3) is 3.58. The van der Waals surface area contributed by atoms with Crippen LogP contribution in [0.4, 0.5) is 10.8 Å². The smallest absolute Gasteiger partial charge is 0.190 e. The minimum Gasteiger partial charge on any atom is -0.318 e. The van der Waals surface area contributed by atoms with Crippen LogP contribution in [-0.2, 0) is 0 Å². The fourth-order valence-corrected chi connectivity index (χ4v) is 2.97. The maximum absolute atomic E-state index is 4.79. The molecule has 2 rings (SSSR count). The summed E-state index contributed by atoms with van der Waals surface area (Å²) in [5.41, 5.74) is 2.34. The highest BCUT2D eigenvalue weighted by atomic mass is 32.1. The van der Waals surface area contributed by atoms with E-state index in [-0.39, 0.29) is 0 Å². The summed E-state index contributed by atoms with van der Waals surface area (Å²) in [4.78, 5) is 7.11. The first-order valence-electron chi connectivity index (χ1n) is 7.21. The van der Waals surface area contributed by atoms with E-state index in [4.69, 9.17) is 4.98 Å². The van der Waals surface area contributed by atoms with Gasteiger partial charge in [0.1, 0.15) is 0 Å². The summed E-state index contributed by atoms with van der Waals surface area (Å²) in [6.45, 7) is 5.37. The van der Waals surface area contributed by atoms with Gasteiger partial charge in [-0.3, -0.25) is 0 Å². The van der Waals surface area contributed by atoms with Gasteiger partial charge in [0, 0.05) is 23.7 Å². The second-order valence-corrected chi connectivity index (χ2v) is 5.74. The summed E-state index contributed by atoms with van der Waals surface area (Å²) < 4.78 is 0. The minimum atomic E-state index is 0.295. The van der Waals surface area contributed by atoms with Gasteiger partial charge in [-0.1, -0.05) is 31.5 Å². The topological polar surface area (TPSA) is 28.2 Å². The molecule has 1 aromatic heterocycles. The molecule has 0 fully saturated rings. The monoisotopic (exact) mass is 289 g/mol. The lowest BCUT2D eigenvalue weighted by Crippen LogP contribution is -2.19. The Morgan fingerprint density at radius 2 is 2.05 bits per heavy atom. The van der Waals surface area contributed by atoms with Crippen molar-refractivity contribution in [2.24, 2.45) is 0 Å². The van der Waals surface area contributed by atoms with E-state index in [2.05, 4.69) is 59.8 Å². The van der Waals surface area contributed by atoms with Crippen molar-refractivity contribution >= 4 is 22.2 Å². The van der Waals surface area contributed by atoms with Gasteiger partial charge in [-0.25, -0.2) is 4.98 Å². The molecule has 1 atom stereocenters. The van der Waals surface area contributed by atoms with Crippen molar-refractivity contribution < 1.29 is 0 Å². The van der Waals surface area contributed by atoms with E-state index < -0.39 is 0 Å². The van der Waals surface area contributed by atoms with Crippen LogP contribution < -0.4 is 10.2 Å². The summed E-state index contributed by atoms with van der Waals surface area (Å²) in [5.74, 6) is 0. The van der Waals surface area contributed by atoms with Crippen LogP contribution in [-0.4, -0.2) is 18.6 Å². The van der Waals surface area contributed by atoms with Gasteiger partial charge in [0.15, 0.2) is 5.13 Å². The Kier molecular flexibility index (Phi) is 5.56. The first-order valence-corrected chi connectivity index (χ1v) is 8.09. The molecule has 0 spiro atoms. The molecule has 0 aliphatic carbocycles. The largest absolute Gasteiger partial charge is 0.318 e. The van der Waals surface area contributed by atoms with Crippen molar-refractivity contribution in [3.8, 4) is 0 Å². The Hall–Kier alpha value is -1.39. The van der Waals surface area contributed by atoms with E-state index in [1.54, 1.807) is 11.3 Å². The highest BCUT2D eigenvalue weighted by Gasteiger charge is 2.14. The first kappa shape index (κ1) is 15.0. The van der Waals surface area contributed by atoms with Crippen molar-refractivity contribution in [2.75, 3.05) is 18.5 Å². The van der Waals surface area contributed by atoms with E-state index in [9.17, 15) is 0 Å². The number of para-hydroxylation sites is 1. The third-order valence-corrected chi connectivity index (χ3v) is 4.30. The number of unbranched alkanes of at least 4 members (excludes halogenated alkanes) is 1. The average Bonchev–Trinajstić information content (AvgIpc) is 2.98. The van der Waals surface area contributed by atoms with Crippen LogP contribution in [0.5, 0.6) is 0 Å². The summed E-state index contributed by atoms with van der Waals surface area (Å²) in [7, 11) is 1.97. The molecule has 0 radical (unpaired) electrons. The number of hydrogen-bond donors (Lipinski definition) is 1. The van der Waals surface area contributed by atoms with Gasteiger partial charge in [0.05, 0.1) is 5.69 Å². The number of rotatable bonds is 7. The van der Waals surface area contributed by atoms with E-state index >= 15 is 0 Å². The van der Waals surface area contributed by atoms with Gasteiger partial charge in [-0.05, 0) is 32.5 Å². The highest BCUT2D eigenvalue weighted by Crippen LogP contribution is 2.30. The standard InChI is InChI=1S/C16H23N3S/c1-4-5-11-19(14-9-7-6-8-10-14)16-18-15(12-20-16)13(2)17-3/h6-10,12-13,17H,4-5,11H2,1-3H3. The number of nitrogens with one attached hydrogen (secondary N) is 1. The molecule has 20 heavy (non-hydrogen) atoms. The van der Waals surface area contributed by atoms with E-state index in [0.29, 0.717) is 6.04 Å². The van der Waals surface area contributed by atoms with Crippen molar-refractivity contribution in [1.82, 2.24) is 10.3 Å². The molecule has 1 unspecified atom stereocenters. The summed E-state index contributed by atoms with van der Waals surface area (Å²) in [5, 5.41) is 6.48. The summed E-state index contributed by atoms with van der Waals surface area (Å²) >= 11 is 1.72. The Morgan fingerprint density at radius 3 is 2.70 bits per heavy atom. The number of nitrogens with zero attached hydrogens (tertiary/aromatic N) is 2. The van der Waals surface area contributed by atoms with Crippen molar-refractivity contribution in [3.63, 3.8) is 0 Å². The summed E-state index contributed by atoms with van der Waals surface area (Å²) in [6.07, 6.45) is 2.36. The number of aromatic nitrogens is 1. The molecule has 1 aromatic carbocycles. The Bertz CT molecular complexity index is 509. The van der Waals surface area contributed by atoms with Gasteiger partial charge < -0.3 is 10.2 Å². The fraction of sp³-hybridized carbons (Fsp3) is 0.438. The Balaban J connectivity index is 2.24. The molecular formula is C16H23N3S. The van der Waals surface area contributed by atoms with Crippen LogP contribution in [0, 0.1) is 0 Å². The van der Waals surface area contributed by atoms with Gasteiger partial charge >= 0.3 is 0 Å². The maximum Gasteiger partial charge on any atom is 0.190 e. The lowest BCUT2D eigenvalue weighted by Gasteiger charge is -2.21. The number of thiazole rings is 1. The van der Waals surface area contributed by atoms with Crippen LogP contribution in [0.3, 0.4) is 0 Å². The van der Waals surface area contributed by atoms with Crippen molar-refractivity contribution in [1.29, 1.82) is 0 Å². The zero-order valence-corrected chi connectivity index (χ0v) is 13.3.